The Labute approximate surface area is 139 Å². The summed E-state index contributed by atoms with van der Waals surface area (Å²) in [5.41, 5.74) is 0. The van der Waals surface area contributed by atoms with Gasteiger partial charge in [0.15, 0.2) is 12.4 Å². The van der Waals surface area contributed by atoms with E-state index >= 15 is 0 Å². The SMILES string of the molecule is CC(C)[C@H](C)NC(=O)COC(=O)CCC(=O)c1ccc(Cl)s1. The van der Waals surface area contributed by atoms with Crippen LogP contribution in [0.3, 0.4) is 0 Å². The first kappa shape index (κ1) is 18.6. The minimum Gasteiger partial charge on any atom is -0.456 e. The lowest BCUT2D eigenvalue weighted by Gasteiger charge is -2.17. The number of thiophene rings is 1. The molecule has 5 nitrogen and oxygen atoms in total. The highest BCUT2D eigenvalue weighted by atomic mass is 35.5. The molecule has 22 heavy (non-hydrogen) atoms. The molecule has 0 radical (unpaired) electrons. The van der Waals surface area contributed by atoms with E-state index < -0.39 is 5.97 Å². The molecule has 1 heterocycles. The van der Waals surface area contributed by atoms with Crippen LogP contribution >= 0.6 is 22.9 Å². The Kier molecular flexibility index (Phi) is 7.55. The number of carbonyl (C=O) groups excluding carboxylic acids is 3. The molecule has 122 valence electrons. The van der Waals surface area contributed by atoms with Crippen LogP contribution in [0.2, 0.25) is 4.34 Å². The predicted molar refractivity (Wildman–Crippen MR) is 86.3 cm³/mol. The number of Topliss-reactive ketones (excluding diaryl/α,β-unsaturated/α-hetero) is 1. The van der Waals surface area contributed by atoms with Gasteiger partial charge in [0.25, 0.3) is 5.91 Å². The molecule has 0 fully saturated rings. The highest BCUT2D eigenvalue weighted by Crippen LogP contribution is 2.22. The monoisotopic (exact) mass is 345 g/mol. The van der Waals surface area contributed by atoms with E-state index in [1.165, 1.54) is 11.3 Å². The molecule has 0 bridgehead atoms. The van der Waals surface area contributed by atoms with Crippen LogP contribution in [0.15, 0.2) is 12.1 Å². The number of halogens is 1. The number of hydrogen-bond acceptors (Lipinski definition) is 5. The summed E-state index contributed by atoms with van der Waals surface area (Å²) >= 11 is 6.92. The van der Waals surface area contributed by atoms with E-state index in [0.29, 0.717) is 15.1 Å². The van der Waals surface area contributed by atoms with E-state index in [2.05, 4.69) is 5.32 Å². The smallest absolute Gasteiger partial charge is 0.306 e. The molecule has 0 aliphatic carbocycles. The Morgan fingerprint density at radius 1 is 1.23 bits per heavy atom. The fourth-order valence-corrected chi connectivity index (χ4v) is 2.49. The van der Waals surface area contributed by atoms with E-state index in [-0.39, 0.29) is 37.2 Å². The first-order valence-corrected chi connectivity index (χ1v) is 8.22. The summed E-state index contributed by atoms with van der Waals surface area (Å²) in [6, 6.07) is 3.27. The Morgan fingerprint density at radius 2 is 1.91 bits per heavy atom. The first-order chi connectivity index (χ1) is 10.3. The van der Waals surface area contributed by atoms with Crippen molar-refractivity contribution in [3.05, 3.63) is 21.3 Å². The third-order valence-corrected chi connectivity index (χ3v) is 4.43. The maximum absolute atomic E-state index is 11.8. The number of carbonyl (C=O) groups is 3. The zero-order chi connectivity index (χ0) is 16.7. The average Bonchev–Trinajstić information content (AvgIpc) is 2.89. The third kappa shape index (κ3) is 6.58. The van der Waals surface area contributed by atoms with Gasteiger partial charge in [0.2, 0.25) is 0 Å². The molecule has 0 saturated heterocycles. The Balaban J connectivity index is 2.26. The van der Waals surface area contributed by atoms with Crippen LogP contribution in [0.25, 0.3) is 0 Å². The molecule has 0 aliphatic heterocycles. The molecule has 1 rings (SSSR count). The van der Waals surface area contributed by atoms with Gasteiger partial charge in [-0.15, -0.1) is 11.3 Å². The summed E-state index contributed by atoms with van der Waals surface area (Å²) in [5, 5.41) is 2.73. The number of hydrogen-bond donors (Lipinski definition) is 1. The number of rotatable bonds is 8. The third-order valence-electron chi connectivity index (χ3n) is 3.16. The minimum absolute atomic E-state index is 0.0105. The first-order valence-electron chi connectivity index (χ1n) is 7.03. The van der Waals surface area contributed by atoms with Crippen molar-refractivity contribution in [2.45, 2.75) is 39.7 Å². The maximum Gasteiger partial charge on any atom is 0.306 e. The molecule has 1 aromatic rings. The van der Waals surface area contributed by atoms with Crippen molar-refractivity contribution >= 4 is 40.6 Å². The highest BCUT2D eigenvalue weighted by molar-refractivity contribution is 7.18. The second-order valence-electron chi connectivity index (χ2n) is 5.29. The van der Waals surface area contributed by atoms with Gasteiger partial charge in [0, 0.05) is 12.5 Å². The van der Waals surface area contributed by atoms with Gasteiger partial charge in [-0.1, -0.05) is 25.4 Å². The Hall–Kier alpha value is -1.40. The second kappa shape index (κ2) is 8.90. The number of ketones is 1. The van der Waals surface area contributed by atoms with Crippen molar-refractivity contribution < 1.29 is 19.1 Å². The van der Waals surface area contributed by atoms with Crippen LogP contribution < -0.4 is 5.32 Å². The van der Waals surface area contributed by atoms with Gasteiger partial charge in [-0.2, -0.15) is 0 Å². The maximum atomic E-state index is 11.8. The number of amides is 1. The van der Waals surface area contributed by atoms with E-state index in [9.17, 15) is 14.4 Å². The largest absolute Gasteiger partial charge is 0.456 e. The van der Waals surface area contributed by atoms with Gasteiger partial charge in [-0.05, 0) is 25.0 Å². The van der Waals surface area contributed by atoms with Crippen LogP contribution in [-0.4, -0.2) is 30.3 Å². The summed E-state index contributed by atoms with van der Waals surface area (Å²) in [4.78, 5) is 35.4. The van der Waals surface area contributed by atoms with Gasteiger partial charge < -0.3 is 10.1 Å². The normalized spacial score (nSPS) is 12.0. The number of esters is 1. The van der Waals surface area contributed by atoms with Crippen LogP contribution in [0, 0.1) is 5.92 Å². The molecular weight excluding hydrogens is 326 g/mol. The van der Waals surface area contributed by atoms with E-state index in [1.807, 2.05) is 20.8 Å². The van der Waals surface area contributed by atoms with Crippen molar-refractivity contribution in [3.8, 4) is 0 Å². The fraction of sp³-hybridized carbons (Fsp3) is 0.533. The molecule has 1 amide bonds. The summed E-state index contributed by atoms with van der Waals surface area (Å²) in [6.07, 6.45) is -0.0128. The van der Waals surface area contributed by atoms with Gasteiger partial charge in [-0.25, -0.2) is 0 Å². The van der Waals surface area contributed by atoms with Crippen molar-refractivity contribution in [3.63, 3.8) is 0 Å². The molecule has 0 aliphatic rings. The van der Waals surface area contributed by atoms with Crippen molar-refractivity contribution in [1.82, 2.24) is 5.32 Å². The molecule has 0 spiro atoms. The molecule has 7 heteroatoms. The second-order valence-corrected chi connectivity index (χ2v) is 7.00. The van der Waals surface area contributed by atoms with Gasteiger partial charge in [0.1, 0.15) is 0 Å². The van der Waals surface area contributed by atoms with Crippen LogP contribution in [0.4, 0.5) is 0 Å². The van der Waals surface area contributed by atoms with Gasteiger partial charge in [-0.3, -0.25) is 14.4 Å². The molecule has 1 atom stereocenters. The quantitative estimate of drug-likeness (QED) is 0.580. The fourth-order valence-electron chi connectivity index (χ4n) is 1.48. The van der Waals surface area contributed by atoms with Crippen LogP contribution in [-0.2, 0) is 14.3 Å². The summed E-state index contributed by atoms with van der Waals surface area (Å²) in [7, 11) is 0. The van der Waals surface area contributed by atoms with Crippen molar-refractivity contribution in [1.29, 1.82) is 0 Å². The Bertz CT molecular complexity index is 541. The van der Waals surface area contributed by atoms with Crippen LogP contribution in [0.5, 0.6) is 0 Å². The average molecular weight is 346 g/mol. The summed E-state index contributed by atoms with van der Waals surface area (Å²) in [6.45, 7) is 5.53. The summed E-state index contributed by atoms with van der Waals surface area (Å²) < 4.78 is 5.38. The molecule has 1 N–H and O–H groups in total. The van der Waals surface area contributed by atoms with Crippen LogP contribution in [0.1, 0.15) is 43.3 Å². The van der Waals surface area contributed by atoms with Gasteiger partial charge in [0.05, 0.1) is 15.6 Å². The van der Waals surface area contributed by atoms with Gasteiger partial charge >= 0.3 is 5.97 Å². The molecule has 0 saturated carbocycles. The topological polar surface area (TPSA) is 72.5 Å². The summed E-state index contributed by atoms with van der Waals surface area (Å²) in [5.74, 6) is -0.768. The van der Waals surface area contributed by atoms with E-state index in [0.717, 1.165) is 0 Å². The zero-order valence-electron chi connectivity index (χ0n) is 12.8. The van der Waals surface area contributed by atoms with Crippen molar-refractivity contribution in [2.24, 2.45) is 5.92 Å². The lowest BCUT2D eigenvalue weighted by molar-refractivity contribution is -0.148. The van der Waals surface area contributed by atoms with Crippen molar-refractivity contribution in [2.75, 3.05) is 6.61 Å². The number of nitrogens with one attached hydrogen (secondary N) is 1. The predicted octanol–water partition coefficient (Wildman–Crippen LogP) is 3.07. The lowest BCUT2D eigenvalue weighted by atomic mass is 10.1. The lowest BCUT2D eigenvalue weighted by Crippen LogP contribution is -2.38. The number of ether oxygens (including phenoxy) is 1. The van der Waals surface area contributed by atoms with E-state index in [4.69, 9.17) is 16.3 Å². The molecule has 1 aromatic heterocycles. The molecular formula is C15H20ClNO4S. The molecule has 0 aromatic carbocycles. The zero-order valence-corrected chi connectivity index (χ0v) is 14.4. The minimum atomic E-state index is -0.566. The highest BCUT2D eigenvalue weighted by Gasteiger charge is 2.15. The van der Waals surface area contributed by atoms with E-state index in [1.54, 1.807) is 12.1 Å². The Morgan fingerprint density at radius 3 is 2.45 bits per heavy atom. The standard InChI is InChI=1S/C15H20ClNO4S/c1-9(2)10(3)17-14(19)8-21-15(20)7-4-11(18)12-5-6-13(16)22-12/h5-6,9-10H,4,7-8H2,1-3H3,(H,17,19)/t10-/m0/s1. The molecule has 0 unspecified atom stereocenters.